The lowest BCUT2D eigenvalue weighted by Crippen LogP contribution is -2.26. The Balaban J connectivity index is 2.79. The summed E-state index contributed by atoms with van der Waals surface area (Å²) in [6.45, 7) is 0.382. The van der Waals surface area contributed by atoms with E-state index in [1.807, 2.05) is 0 Å². The van der Waals surface area contributed by atoms with Gasteiger partial charge in [0.1, 0.15) is 20.6 Å². The van der Waals surface area contributed by atoms with Crippen LogP contribution in [0, 0.1) is 0 Å². The molecule has 1 aromatic rings. The molecule has 1 rings (SSSR count). The van der Waals surface area contributed by atoms with Gasteiger partial charge >= 0.3 is 0 Å². The minimum absolute atomic E-state index is 0.0858. The number of nitrogens with zero attached hydrogens (tertiary/aromatic N) is 2. The predicted molar refractivity (Wildman–Crippen MR) is 73.1 cm³/mol. The molecule has 0 saturated heterocycles. The largest absolute Gasteiger partial charge is 0.389 e. The van der Waals surface area contributed by atoms with Crippen LogP contribution in [-0.2, 0) is 9.84 Å². The van der Waals surface area contributed by atoms with Crippen LogP contribution < -0.4 is 10.6 Å². The van der Waals surface area contributed by atoms with E-state index in [2.05, 4.69) is 4.98 Å². The van der Waals surface area contributed by atoms with Gasteiger partial charge in [0.15, 0.2) is 0 Å². The van der Waals surface area contributed by atoms with Crippen LogP contribution in [0.5, 0.6) is 0 Å². The predicted octanol–water partition coefficient (Wildman–Crippen LogP) is 0.197. The molecule has 0 aliphatic heterocycles. The van der Waals surface area contributed by atoms with Crippen LogP contribution in [0.3, 0.4) is 0 Å². The molecule has 17 heavy (non-hydrogen) atoms. The van der Waals surface area contributed by atoms with Crippen molar-refractivity contribution in [1.82, 2.24) is 4.98 Å². The lowest BCUT2D eigenvalue weighted by molar-refractivity contribution is 0.601. The fourth-order valence-electron chi connectivity index (χ4n) is 1.20. The molecule has 1 aromatic heterocycles. The van der Waals surface area contributed by atoms with Crippen molar-refractivity contribution in [3.8, 4) is 0 Å². The maximum atomic E-state index is 11.1. The Hall–Kier alpha value is -1.21. The third kappa shape index (κ3) is 4.66. The Morgan fingerprint density at radius 2 is 2.24 bits per heavy atom. The van der Waals surface area contributed by atoms with Gasteiger partial charge in [-0.1, -0.05) is 12.2 Å². The lowest BCUT2D eigenvalue weighted by atomic mass is 10.2. The number of thiocarbonyl (C=S) groups is 1. The Kier molecular flexibility index (Phi) is 4.41. The first-order valence-electron chi connectivity index (χ1n) is 4.94. The van der Waals surface area contributed by atoms with Crippen LogP contribution >= 0.6 is 12.2 Å². The quantitative estimate of drug-likeness (QED) is 0.772. The highest BCUT2D eigenvalue weighted by molar-refractivity contribution is 7.90. The molecule has 0 radical (unpaired) electrons. The highest BCUT2D eigenvalue weighted by Gasteiger charge is 2.08. The summed E-state index contributed by atoms with van der Waals surface area (Å²) in [4.78, 5) is 6.19. The smallest absolute Gasteiger partial charge is 0.149 e. The van der Waals surface area contributed by atoms with E-state index in [9.17, 15) is 8.42 Å². The summed E-state index contributed by atoms with van der Waals surface area (Å²) in [6.07, 6.45) is 2.81. The number of hydrogen-bond acceptors (Lipinski definition) is 5. The van der Waals surface area contributed by atoms with E-state index in [4.69, 9.17) is 18.0 Å². The van der Waals surface area contributed by atoms with Crippen molar-refractivity contribution >= 4 is 32.9 Å². The minimum atomic E-state index is -2.97. The first kappa shape index (κ1) is 13.9. The second kappa shape index (κ2) is 5.42. The van der Waals surface area contributed by atoms with Gasteiger partial charge < -0.3 is 10.6 Å². The SMILES string of the molecule is CN(CCS(C)(=O)=O)c1cc(C(N)=S)ccn1. The normalized spacial score (nSPS) is 11.2. The molecule has 5 nitrogen and oxygen atoms in total. The van der Waals surface area contributed by atoms with Gasteiger partial charge in [-0.05, 0) is 12.1 Å². The van der Waals surface area contributed by atoms with Gasteiger partial charge in [-0.15, -0.1) is 0 Å². The van der Waals surface area contributed by atoms with Crippen LogP contribution in [0.25, 0.3) is 0 Å². The molecule has 0 amide bonds. The molecule has 0 unspecified atom stereocenters. The standard InChI is InChI=1S/C10H15N3O2S2/c1-13(5-6-17(2,14)15)9-7-8(10(11)16)3-4-12-9/h3-4,7H,5-6H2,1-2H3,(H2,11,16). The third-order valence-corrected chi connectivity index (χ3v) is 3.38. The van der Waals surface area contributed by atoms with Gasteiger partial charge in [0.2, 0.25) is 0 Å². The average Bonchev–Trinajstić information content (AvgIpc) is 2.25. The van der Waals surface area contributed by atoms with Gasteiger partial charge in [-0.25, -0.2) is 13.4 Å². The Morgan fingerprint density at radius 1 is 1.59 bits per heavy atom. The Labute approximate surface area is 107 Å². The van der Waals surface area contributed by atoms with E-state index < -0.39 is 9.84 Å². The van der Waals surface area contributed by atoms with E-state index in [1.165, 1.54) is 6.26 Å². The van der Waals surface area contributed by atoms with Crippen molar-refractivity contribution in [3.63, 3.8) is 0 Å². The molecule has 0 bridgehead atoms. The number of pyridine rings is 1. The molecule has 0 saturated carbocycles. The summed E-state index contributed by atoms with van der Waals surface area (Å²) >= 11 is 4.87. The average molecular weight is 273 g/mol. The fourth-order valence-corrected chi connectivity index (χ4v) is 1.93. The topological polar surface area (TPSA) is 76.3 Å². The summed E-state index contributed by atoms with van der Waals surface area (Å²) in [5.41, 5.74) is 6.23. The molecule has 7 heteroatoms. The Morgan fingerprint density at radius 3 is 2.76 bits per heavy atom. The van der Waals surface area contributed by atoms with Crippen molar-refractivity contribution in [2.24, 2.45) is 5.73 Å². The zero-order valence-electron chi connectivity index (χ0n) is 9.75. The van der Waals surface area contributed by atoms with E-state index in [-0.39, 0.29) is 5.75 Å². The molecule has 0 spiro atoms. The monoisotopic (exact) mass is 273 g/mol. The maximum absolute atomic E-state index is 11.1. The number of rotatable bonds is 5. The molecule has 0 aliphatic rings. The number of aromatic nitrogens is 1. The fraction of sp³-hybridized carbons (Fsp3) is 0.400. The minimum Gasteiger partial charge on any atom is -0.389 e. The summed E-state index contributed by atoms with van der Waals surface area (Å²) in [5, 5.41) is 0. The highest BCUT2D eigenvalue weighted by Crippen LogP contribution is 2.11. The van der Waals surface area contributed by atoms with Crippen LogP contribution in [-0.4, -0.2) is 44.0 Å². The van der Waals surface area contributed by atoms with E-state index in [0.29, 0.717) is 17.4 Å². The zero-order valence-corrected chi connectivity index (χ0v) is 11.4. The Bertz CT molecular complexity index is 514. The van der Waals surface area contributed by atoms with E-state index >= 15 is 0 Å². The van der Waals surface area contributed by atoms with E-state index in [0.717, 1.165) is 5.56 Å². The van der Waals surface area contributed by atoms with Gasteiger partial charge in [0.25, 0.3) is 0 Å². The van der Waals surface area contributed by atoms with Crippen molar-refractivity contribution < 1.29 is 8.42 Å². The third-order valence-electron chi connectivity index (χ3n) is 2.22. The second-order valence-electron chi connectivity index (χ2n) is 3.82. The summed E-state index contributed by atoms with van der Waals surface area (Å²) in [7, 11) is -1.20. The second-order valence-corrected chi connectivity index (χ2v) is 6.52. The molecule has 1 heterocycles. The zero-order chi connectivity index (χ0) is 13.1. The molecule has 94 valence electrons. The number of anilines is 1. The highest BCUT2D eigenvalue weighted by atomic mass is 32.2. The maximum Gasteiger partial charge on any atom is 0.149 e. The van der Waals surface area contributed by atoms with Crippen LogP contribution in [0.1, 0.15) is 5.56 Å². The molecule has 0 atom stereocenters. The van der Waals surface area contributed by atoms with Crippen LogP contribution in [0.15, 0.2) is 18.3 Å². The van der Waals surface area contributed by atoms with Crippen molar-refractivity contribution in [3.05, 3.63) is 23.9 Å². The number of sulfone groups is 1. The molecule has 0 fully saturated rings. The van der Waals surface area contributed by atoms with Gasteiger partial charge in [-0.3, -0.25) is 0 Å². The van der Waals surface area contributed by atoms with E-state index in [1.54, 1.807) is 30.3 Å². The first-order valence-corrected chi connectivity index (χ1v) is 7.41. The van der Waals surface area contributed by atoms with Crippen molar-refractivity contribution in [1.29, 1.82) is 0 Å². The molecule has 0 aromatic carbocycles. The van der Waals surface area contributed by atoms with Crippen molar-refractivity contribution in [2.75, 3.05) is 30.5 Å². The first-order chi connectivity index (χ1) is 7.79. The summed E-state index contributed by atoms with van der Waals surface area (Å²) in [6, 6.07) is 3.46. The van der Waals surface area contributed by atoms with Crippen molar-refractivity contribution in [2.45, 2.75) is 0 Å². The van der Waals surface area contributed by atoms with Gasteiger partial charge in [0.05, 0.1) is 5.75 Å². The molecule has 2 N–H and O–H groups in total. The number of hydrogen-bond donors (Lipinski definition) is 1. The lowest BCUT2D eigenvalue weighted by Gasteiger charge is -2.17. The summed E-state index contributed by atoms with van der Waals surface area (Å²) < 4.78 is 22.1. The van der Waals surface area contributed by atoms with Gasteiger partial charge in [-0.2, -0.15) is 0 Å². The van der Waals surface area contributed by atoms with Gasteiger partial charge in [0, 0.05) is 31.6 Å². The summed E-state index contributed by atoms with van der Waals surface area (Å²) in [5.74, 6) is 0.738. The molecular formula is C10H15N3O2S2. The molecular weight excluding hydrogens is 258 g/mol. The van der Waals surface area contributed by atoms with Crippen LogP contribution in [0.2, 0.25) is 0 Å². The van der Waals surface area contributed by atoms with Crippen LogP contribution in [0.4, 0.5) is 5.82 Å². The number of nitrogens with two attached hydrogens (primary N) is 1. The molecule has 0 aliphatic carbocycles.